The van der Waals surface area contributed by atoms with E-state index in [0.717, 1.165) is 5.69 Å². The van der Waals surface area contributed by atoms with Crippen LogP contribution in [0.5, 0.6) is 0 Å². The first-order valence-electron chi connectivity index (χ1n) is 7.16. The van der Waals surface area contributed by atoms with E-state index < -0.39 is 0 Å². The molecule has 106 valence electrons. The average molecular weight is 293 g/mol. The van der Waals surface area contributed by atoms with Crippen molar-refractivity contribution in [1.82, 2.24) is 0 Å². The molecule has 0 saturated carbocycles. The second-order valence-electron chi connectivity index (χ2n) is 5.16. The Morgan fingerprint density at radius 1 is 0.857 bits per heavy atom. The first kappa shape index (κ1) is 14.0. The number of hydrogen-bond acceptors (Lipinski definition) is 2. The zero-order valence-electron chi connectivity index (χ0n) is 12.3. The van der Waals surface area contributed by atoms with Gasteiger partial charge in [-0.25, -0.2) is 0 Å². The summed E-state index contributed by atoms with van der Waals surface area (Å²) in [4.78, 5) is 1.29. The van der Waals surface area contributed by atoms with Gasteiger partial charge in [-0.3, -0.25) is 0 Å². The molecule has 21 heavy (non-hydrogen) atoms. The minimum absolute atomic E-state index is 0.274. The third kappa shape index (κ3) is 3.06. The summed E-state index contributed by atoms with van der Waals surface area (Å²) in [6.45, 7) is 2.21. The van der Waals surface area contributed by atoms with Gasteiger partial charge in [0.25, 0.3) is 0 Å². The molecule has 0 aliphatic rings. The molecule has 3 aromatic rings. The maximum absolute atomic E-state index is 3.59. The molecule has 1 nitrogen and oxygen atoms in total. The normalized spacial score (nSPS) is 12.3. The van der Waals surface area contributed by atoms with E-state index in [9.17, 15) is 0 Å². The number of hydrogen-bond donors (Lipinski definition) is 1. The van der Waals surface area contributed by atoms with Crippen LogP contribution >= 0.6 is 11.8 Å². The highest BCUT2D eigenvalue weighted by Gasteiger charge is 2.08. The molecule has 1 N–H and O–H groups in total. The zero-order valence-corrected chi connectivity index (χ0v) is 13.2. The fourth-order valence-corrected chi connectivity index (χ4v) is 3.05. The number of nitrogens with one attached hydrogen (secondary N) is 1. The van der Waals surface area contributed by atoms with Gasteiger partial charge in [0, 0.05) is 16.6 Å². The Morgan fingerprint density at radius 2 is 1.57 bits per heavy atom. The Morgan fingerprint density at radius 3 is 2.33 bits per heavy atom. The molecule has 2 heteroatoms. The van der Waals surface area contributed by atoms with Crippen LogP contribution in [0.2, 0.25) is 0 Å². The first-order chi connectivity index (χ1) is 10.3. The largest absolute Gasteiger partial charge is 0.378 e. The molecule has 0 aromatic heterocycles. The van der Waals surface area contributed by atoms with E-state index in [-0.39, 0.29) is 6.04 Å². The van der Waals surface area contributed by atoms with Crippen molar-refractivity contribution in [2.75, 3.05) is 11.6 Å². The van der Waals surface area contributed by atoms with Crippen molar-refractivity contribution < 1.29 is 0 Å². The highest BCUT2D eigenvalue weighted by molar-refractivity contribution is 7.98. The molecule has 0 bridgehead atoms. The van der Waals surface area contributed by atoms with E-state index in [2.05, 4.69) is 85.2 Å². The molecule has 3 aromatic carbocycles. The molecular formula is C19H19NS. The molecule has 1 atom stereocenters. The Labute approximate surface area is 130 Å². The lowest BCUT2D eigenvalue weighted by molar-refractivity contribution is 0.894. The van der Waals surface area contributed by atoms with Gasteiger partial charge in [-0.2, -0.15) is 0 Å². The van der Waals surface area contributed by atoms with Crippen molar-refractivity contribution in [3.63, 3.8) is 0 Å². The lowest BCUT2D eigenvalue weighted by atomic mass is 9.99. The third-order valence-corrected chi connectivity index (χ3v) is 4.51. The fraction of sp³-hybridized carbons (Fsp3) is 0.158. The maximum atomic E-state index is 3.59. The van der Waals surface area contributed by atoms with Crippen molar-refractivity contribution in [3.8, 4) is 0 Å². The quantitative estimate of drug-likeness (QED) is 0.616. The van der Waals surface area contributed by atoms with Gasteiger partial charge in [-0.15, -0.1) is 11.8 Å². The SMILES string of the molecule is CSc1ccc(NC(C)c2cccc3ccccc23)cc1. The van der Waals surface area contributed by atoms with Gasteiger partial charge in [-0.1, -0.05) is 42.5 Å². The Hall–Kier alpha value is -1.93. The van der Waals surface area contributed by atoms with Crippen LogP contribution in [0, 0.1) is 0 Å². The average Bonchev–Trinajstić information content (AvgIpc) is 2.55. The van der Waals surface area contributed by atoms with Crippen molar-refractivity contribution in [1.29, 1.82) is 0 Å². The third-order valence-electron chi connectivity index (χ3n) is 3.76. The van der Waals surface area contributed by atoms with Gasteiger partial charge >= 0.3 is 0 Å². The Balaban J connectivity index is 1.88. The van der Waals surface area contributed by atoms with Crippen molar-refractivity contribution in [3.05, 3.63) is 72.3 Å². The van der Waals surface area contributed by atoms with Gasteiger partial charge in [0.2, 0.25) is 0 Å². The van der Waals surface area contributed by atoms with Crippen LogP contribution in [0.15, 0.2) is 71.6 Å². The summed E-state index contributed by atoms with van der Waals surface area (Å²) >= 11 is 1.77. The van der Waals surface area contributed by atoms with Gasteiger partial charge in [0.1, 0.15) is 0 Å². The van der Waals surface area contributed by atoms with Crippen molar-refractivity contribution in [2.45, 2.75) is 17.9 Å². The maximum Gasteiger partial charge on any atom is 0.0491 e. The summed E-state index contributed by atoms with van der Waals surface area (Å²) in [5.41, 5.74) is 2.50. The molecule has 1 unspecified atom stereocenters. The predicted octanol–water partition coefficient (Wildman–Crippen LogP) is 5.73. The lowest BCUT2D eigenvalue weighted by Crippen LogP contribution is -2.07. The van der Waals surface area contributed by atoms with Gasteiger partial charge in [0.15, 0.2) is 0 Å². The van der Waals surface area contributed by atoms with E-state index >= 15 is 0 Å². The van der Waals surface area contributed by atoms with Crippen molar-refractivity contribution in [2.24, 2.45) is 0 Å². The van der Waals surface area contributed by atoms with E-state index in [1.807, 2.05) is 0 Å². The van der Waals surface area contributed by atoms with Crippen LogP contribution in [-0.2, 0) is 0 Å². The van der Waals surface area contributed by atoms with Crippen LogP contribution in [0.25, 0.3) is 10.8 Å². The minimum Gasteiger partial charge on any atom is -0.378 e. The monoisotopic (exact) mass is 293 g/mol. The van der Waals surface area contributed by atoms with E-state index in [1.165, 1.54) is 21.2 Å². The lowest BCUT2D eigenvalue weighted by Gasteiger charge is -2.18. The molecule has 0 fully saturated rings. The summed E-state index contributed by atoms with van der Waals surface area (Å²) in [6.07, 6.45) is 2.10. The number of anilines is 1. The highest BCUT2D eigenvalue weighted by atomic mass is 32.2. The molecule has 0 aliphatic carbocycles. The Kier molecular flexibility index (Phi) is 4.16. The second-order valence-corrected chi connectivity index (χ2v) is 6.04. The zero-order chi connectivity index (χ0) is 14.7. The Bertz CT molecular complexity index is 729. The van der Waals surface area contributed by atoms with Crippen LogP contribution in [0.4, 0.5) is 5.69 Å². The highest BCUT2D eigenvalue weighted by Crippen LogP contribution is 2.27. The van der Waals surface area contributed by atoms with Crippen LogP contribution in [0.1, 0.15) is 18.5 Å². The topological polar surface area (TPSA) is 12.0 Å². The summed E-state index contributed by atoms with van der Waals surface area (Å²) < 4.78 is 0. The van der Waals surface area contributed by atoms with Crippen LogP contribution in [-0.4, -0.2) is 6.26 Å². The van der Waals surface area contributed by atoms with E-state index in [1.54, 1.807) is 11.8 Å². The van der Waals surface area contributed by atoms with Gasteiger partial charge in [0.05, 0.1) is 0 Å². The number of fused-ring (bicyclic) bond motifs is 1. The summed E-state index contributed by atoms with van der Waals surface area (Å²) in [5, 5.41) is 6.21. The number of benzene rings is 3. The fourth-order valence-electron chi connectivity index (χ4n) is 2.64. The van der Waals surface area contributed by atoms with Gasteiger partial charge in [-0.05, 0) is 53.8 Å². The number of thioether (sulfide) groups is 1. The summed E-state index contributed by atoms with van der Waals surface area (Å²) in [6, 6.07) is 23.9. The molecule has 3 rings (SSSR count). The molecular weight excluding hydrogens is 274 g/mol. The van der Waals surface area contributed by atoms with Crippen LogP contribution < -0.4 is 5.32 Å². The summed E-state index contributed by atoms with van der Waals surface area (Å²) in [5.74, 6) is 0. The first-order valence-corrected chi connectivity index (χ1v) is 8.38. The van der Waals surface area contributed by atoms with Crippen LogP contribution in [0.3, 0.4) is 0 Å². The smallest absolute Gasteiger partial charge is 0.0491 e. The van der Waals surface area contributed by atoms with Crippen molar-refractivity contribution >= 4 is 28.2 Å². The molecule has 0 aliphatic heterocycles. The van der Waals surface area contributed by atoms with Gasteiger partial charge < -0.3 is 5.32 Å². The minimum atomic E-state index is 0.274. The van der Waals surface area contributed by atoms with E-state index in [4.69, 9.17) is 0 Å². The molecule has 0 radical (unpaired) electrons. The molecule has 0 heterocycles. The molecule has 0 spiro atoms. The number of rotatable bonds is 4. The second kappa shape index (κ2) is 6.23. The summed E-state index contributed by atoms with van der Waals surface area (Å²) in [7, 11) is 0. The predicted molar refractivity (Wildman–Crippen MR) is 94.2 cm³/mol. The van der Waals surface area contributed by atoms with E-state index in [0.29, 0.717) is 0 Å². The molecule has 0 amide bonds. The molecule has 0 saturated heterocycles. The standard InChI is InChI=1S/C19H19NS/c1-14(20-16-10-12-17(21-2)13-11-16)18-9-5-7-15-6-3-4-8-19(15)18/h3-14,20H,1-2H3.